The predicted molar refractivity (Wildman–Crippen MR) is 85.3 cm³/mol. The van der Waals surface area contributed by atoms with Crippen molar-refractivity contribution >= 4 is 23.4 Å². The summed E-state index contributed by atoms with van der Waals surface area (Å²) in [5, 5.41) is 11.2. The first-order chi connectivity index (χ1) is 10.1. The number of hydrogen-bond donors (Lipinski definition) is 1. The fourth-order valence-corrected chi connectivity index (χ4v) is 2.53. The molecule has 1 N–H and O–H groups in total. The maximum atomic E-state index is 12.2. The van der Waals surface area contributed by atoms with Gasteiger partial charge in [-0.3, -0.25) is 4.79 Å². The molecule has 1 aromatic heterocycles. The van der Waals surface area contributed by atoms with E-state index >= 15 is 0 Å². The highest BCUT2D eigenvalue weighted by atomic mass is 32.2. The number of anilines is 1. The lowest BCUT2D eigenvalue weighted by Crippen LogP contribution is -2.22. The normalized spacial score (nSPS) is 11.9. The number of carbonyl (C=O) groups excluding carboxylic acids is 1. The number of rotatable bonds is 6. The summed E-state index contributed by atoms with van der Waals surface area (Å²) in [7, 11) is 0. The van der Waals surface area contributed by atoms with Gasteiger partial charge in [0.05, 0.1) is 5.25 Å². The van der Waals surface area contributed by atoms with Gasteiger partial charge in [0.15, 0.2) is 5.16 Å². The van der Waals surface area contributed by atoms with Crippen molar-refractivity contribution in [1.82, 2.24) is 14.8 Å². The molecule has 0 aliphatic carbocycles. The van der Waals surface area contributed by atoms with Crippen LogP contribution in [0, 0.1) is 6.92 Å². The number of thioether (sulfide) groups is 1. The first-order valence-electron chi connectivity index (χ1n) is 6.63. The Bertz CT molecular complexity index is 621. The summed E-state index contributed by atoms with van der Waals surface area (Å²) >= 11 is 1.38. The SMILES string of the molecule is C=CCn1cnnc1S[C@@H](C)C(=O)Nc1ccc(C)cc1. The molecule has 0 fully saturated rings. The molecule has 1 heterocycles. The summed E-state index contributed by atoms with van der Waals surface area (Å²) in [6.07, 6.45) is 3.40. The maximum absolute atomic E-state index is 12.2. The van der Waals surface area contributed by atoms with E-state index in [0.717, 1.165) is 11.3 Å². The molecule has 1 atom stereocenters. The minimum atomic E-state index is -0.265. The highest BCUT2D eigenvalue weighted by Gasteiger charge is 2.17. The van der Waals surface area contributed by atoms with Gasteiger partial charge < -0.3 is 9.88 Å². The lowest BCUT2D eigenvalue weighted by atomic mass is 10.2. The molecule has 0 unspecified atom stereocenters. The van der Waals surface area contributed by atoms with Crippen molar-refractivity contribution in [2.75, 3.05) is 5.32 Å². The van der Waals surface area contributed by atoms with Gasteiger partial charge in [0, 0.05) is 12.2 Å². The van der Waals surface area contributed by atoms with Gasteiger partial charge in [0.25, 0.3) is 0 Å². The van der Waals surface area contributed by atoms with E-state index < -0.39 is 0 Å². The number of benzene rings is 1. The Balaban J connectivity index is 1.97. The second-order valence-electron chi connectivity index (χ2n) is 4.67. The average molecular weight is 302 g/mol. The number of amides is 1. The third-order valence-electron chi connectivity index (χ3n) is 2.88. The molecule has 0 saturated carbocycles. The van der Waals surface area contributed by atoms with Crippen molar-refractivity contribution in [2.45, 2.75) is 30.8 Å². The molecule has 0 aliphatic rings. The Morgan fingerprint density at radius 3 is 2.86 bits per heavy atom. The quantitative estimate of drug-likeness (QED) is 0.658. The van der Waals surface area contributed by atoms with Crippen LogP contribution in [0.2, 0.25) is 0 Å². The second-order valence-corrected chi connectivity index (χ2v) is 5.98. The Hall–Kier alpha value is -2.08. The van der Waals surface area contributed by atoms with E-state index in [1.54, 1.807) is 12.4 Å². The van der Waals surface area contributed by atoms with Crippen LogP contribution >= 0.6 is 11.8 Å². The van der Waals surface area contributed by atoms with Crippen molar-refractivity contribution in [2.24, 2.45) is 0 Å². The first kappa shape index (κ1) is 15.3. The highest BCUT2D eigenvalue weighted by molar-refractivity contribution is 8.00. The standard InChI is InChI=1S/C15H18N4OS/c1-4-9-19-10-16-18-15(19)21-12(3)14(20)17-13-7-5-11(2)6-8-13/h4-8,10,12H,1,9H2,2-3H3,(H,17,20)/t12-/m0/s1. The Morgan fingerprint density at radius 1 is 1.48 bits per heavy atom. The van der Waals surface area contributed by atoms with Gasteiger partial charge in [0.1, 0.15) is 6.33 Å². The summed E-state index contributed by atoms with van der Waals surface area (Å²) in [6, 6.07) is 7.72. The molecule has 5 nitrogen and oxygen atoms in total. The van der Waals surface area contributed by atoms with Crippen molar-refractivity contribution in [3.05, 3.63) is 48.8 Å². The van der Waals surface area contributed by atoms with Gasteiger partial charge in [-0.05, 0) is 26.0 Å². The fraction of sp³-hybridized carbons (Fsp3) is 0.267. The molecular weight excluding hydrogens is 284 g/mol. The minimum Gasteiger partial charge on any atom is -0.325 e. The van der Waals surface area contributed by atoms with Crippen molar-refractivity contribution in [3.8, 4) is 0 Å². The summed E-state index contributed by atoms with van der Waals surface area (Å²) in [6.45, 7) is 8.17. The maximum Gasteiger partial charge on any atom is 0.237 e. The van der Waals surface area contributed by atoms with Crippen molar-refractivity contribution in [3.63, 3.8) is 0 Å². The molecule has 0 aliphatic heterocycles. The van der Waals surface area contributed by atoms with Gasteiger partial charge in [0.2, 0.25) is 5.91 Å². The van der Waals surface area contributed by atoms with Crippen LogP contribution in [0.15, 0.2) is 48.4 Å². The van der Waals surface area contributed by atoms with E-state index in [1.165, 1.54) is 11.8 Å². The number of allylic oxidation sites excluding steroid dienone is 1. The monoisotopic (exact) mass is 302 g/mol. The zero-order valence-corrected chi connectivity index (χ0v) is 12.9. The van der Waals surface area contributed by atoms with Gasteiger partial charge in [-0.15, -0.1) is 16.8 Å². The van der Waals surface area contributed by atoms with Crippen LogP contribution in [0.1, 0.15) is 12.5 Å². The van der Waals surface area contributed by atoms with E-state index in [4.69, 9.17) is 0 Å². The number of carbonyl (C=O) groups is 1. The van der Waals surface area contributed by atoms with Gasteiger partial charge in [-0.2, -0.15) is 0 Å². The molecule has 0 spiro atoms. The lowest BCUT2D eigenvalue weighted by Gasteiger charge is -2.12. The summed E-state index contributed by atoms with van der Waals surface area (Å²) in [4.78, 5) is 12.2. The molecule has 110 valence electrons. The molecule has 0 saturated heterocycles. The van der Waals surface area contributed by atoms with Gasteiger partial charge in [-0.25, -0.2) is 0 Å². The largest absolute Gasteiger partial charge is 0.325 e. The summed E-state index contributed by atoms with van der Waals surface area (Å²) in [5.41, 5.74) is 1.96. The Labute approximate surface area is 128 Å². The van der Waals surface area contributed by atoms with Gasteiger partial charge in [-0.1, -0.05) is 35.5 Å². The van der Waals surface area contributed by atoms with E-state index in [1.807, 2.05) is 42.7 Å². The number of nitrogens with zero attached hydrogens (tertiary/aromatic N) is 3. The van der Waals surface area contributed by atoms with E-state index in [2.05, 4.69) is 22.1 Å². The predicted octanol–water partition coefficient (Wildman–Crippen LogP) is 2.89. The second kappa shape index (κ2) is 7.08. The van der Waals surface area contributed by atoms with Crippen LogP contribution in [-0.4, -0.2) is 25.9 Å². The van der Waals surface area contributed by atoms with Crippen LogP contribution in [-0.2, 0) is 11.3 Å². The molecule has 1 aromatic carbocycles. The molecule has 0 bridgehead atoms. The lowest BCUT2D eigenvalue weighted by molar-refractivity contribution is -0.115. The van der Waals surface area contributed by atoms with Crippen LogP contribution in [0.5, 0.6) is 0 Å². The van der Waals surface area contributed by atoms with Crippen LogP contribution in [0.4, 0.5) is 5.69 Å². The topological polar surface area (TPSA) is 59.8 Å². The number of hydrogen-bond acceptors (Lipinski definition) is 4. The zero-order chi connectivity index (χ0) is 15.2. The van der Waals surface area contributed by atoms with E-state index in [0.29, 0.717) is 11.7 Å². The molecular formula is C15H18N4OS. The van der Waals surface area contributed by atoms with E-state index in [-0.39, 0.29) is 11.2 Å². The molecule has 1 amide bonds. The molecule has 0 radical (unpaired) electrons. The Morgan fingerprint density at radius 2 is 2.19 bits per heavy atom. The number of aryl methyl sites for hydroxylation is 1. The van der Waals surface area contributed by atoms with Crippen LogP contribution in [0.25, 0.3) is 0 Å². The van der Waals surface area contributed by atoms with E-state index in [9.17, 15) is 4.79 Å². The zero-order valence-electron chi connectivity index (χ0n) is 12.1. The molecule has 21 heavy (non-hydrogen) atoms. The minimum absolute atomic E-state index is 0.0583. The fourth-order valence-electron chi connectivity index (χ4n) is 1.69. The smallest absolute Gasteiger partial charge is 0.237 e. The van der Waals surface area contributed by atoms with Crippen molar-refractivity contribution < 1.29 is 4.79 Å². The Kier molecular flexibility index (Phi) is 5.16. The number of nitrogens with one attached hydrogen (secondary N) is 1. The number of aromatic nitrogens is 3. The first-order valence-corrected chi connectivity index (χ1v) is 7.51. The summed E-state index contributed by atoms with van der Waals surface area (Å²) in [5.74, 6) is -0.0583. The molecule has 2 aromatic rings. The molecule has 2 rings (SSSR count). The average Bonchev–Trinajstić information content (AvgIpc) is 2.89. The van der Waals surface area contributed by atoms with Crippen LogP contribution < -0.4 is 5.32 Å². The third-order valence-corrected chi connectivity index (χ3v) is 3.97. The van der Waals surface area contributed by atoms with Crippen molar-refractivity contribution in [1.29, 1.82) is 0 Å². The summed E-state index contributed by atoms with van der Waals surface area (Å²) < 4.78 is 1.85. The highest BCUT2D eigenvalue weighted by Crippen LogP contribution is 2.22. The van der Waals surface area contributed by atoms with Crippen LogP contribution in [0.3, 0.4) is 0 Å². The third kappa shape index (κ3) is 4.19. The molecule has 6 heteroatoms. The van der Waals surface area contributed by atoms with Gasteiger partial charge >= 0.3 is 0 Å².